The van der Waals surface area contributed by atoms with Crippen LogP contribution in [-0.2, 0) is 5.41 Å². The molecule has 13 heavy (non-hydrogen) atoms. The summed E-state index contributed by atoms with van der Waals surface area (Å²) in [7, 11) is 0. The van der Waals surface area contributed by atoms with Crippen molar-refractivity contribution in [3.63, 3.8) is 0 Å². The molecular weight excluding hydrogens is 160 g/mol. The molecule has 2 nitrogen and oxygen atoms in total. The molecule has 0 fully saturated rings. The first-order valence-electron chi connectivity index (χ1n) is 4.84. The summed E-state index contributed by atoms with van der Waals surface area (Å²) in [5, 5.41) is 0. The fraction of sp³-hybridized carbons (Fsp3) is 0.545. The lowest BCUT2D eigenvalue weighted by atomic mass is 9.82. The third-order valence-corrected chi connectivity index (χ3v) is 3.00. The molecule has 0 saturated carbocycles. The summed E-state index contributed by atoms with van der Waals surface area (Å²) in [5.41, 5.74) is 1.45. The van der Waals surface area contributed by atoms with Crippen molar-refractivity contribution >= 4 is 6.08 Å². The number of aromatic nitrogens is 2. The van der Waals surface area contributed by atoms with Crippen LogP contribution in [0.5, 0.6) is 0 Å². The molecule has 0 aliphatic heterocycles. The molecule has 1 aromatic rings. The molecule has 1 heterocycles. The summed E-state index contributed by atoms with van der Waals surface area (Å²) in [6, 6.07) is 0. The van der Waals surface area contributed by atoms with Gasteiger partial charge in [-0.1, -0.05) is 27.4 Å². The lowest BCUT2D eigenvalue weighted by Gasteiger charge is -2.24. The summed E-state index contributed by atoms with van der Waals surface area (Å²) in [4.78, 5) is 7.50. The minimum atomic E-state index is 0.230. The smallest absolute Gasteiger partial charge is 0.129 e. The van der Waals surface area contributed by atoms with Crippen LogP contribution < -0.4 is 0 Å². The zero-order valence-corrected chi connectivity index (χ0v) is 8.72. The average Bonchev–Trinajstić information content (AvgIpc) is 2.65. The van der Waals surface area contributed by atoms with Gasteiger partial charge in [0.05, 0.1) is 0 Å². The second-order valence-electron chi connectivity index (χ2n) is 3.65. The number of imidazole rings is 1. The topological polar surface area (TPSA) is 28.7 Å². The Labute approximate surface area is 80.1 Å². The maximum absolute atomic E-state index is 4.22. The van der Waals surface area contributed by atoms with Crippen LogP contribution >= 0.6 is 0 Å². The summed E-state index contributed by atoms with van der Waals surface area (Å²) in [6.07, 6.45) is 5.92. The van der Waals surface area contributed by atoms with Crippen molar-refractivity contribution in [2.45, 2.75) is 39.0 Å². The maximum atomic E-state index is 4.22. The van der Waals surface area contributed by atoms with Gasteiger partial charge in [-0.25, -0.2) is 4.98 Å². The molecule has 1 rings (SSSR count). The highest BCUT2D eigenvalue weighted by Crippen LogP contribution is 2.29. The monoisotopic (exact) mass is 178 g/mol. The summed E-state index contributed by atoms with van der Waals surface area (Å²) in [6.45, 7) is 10.4. The number of rotatable bonds is 4. The fourth-order valence-electron chi connectivity index (χ4n) is 1.38. The quantitative estimate of drug-likeness (QED) is 0.754. The number of nitrogens with one attached hydrogen (secondary N) is 1. The zero-order valence-electron chi connectivity index (χ0n) is 8.72. The molecule has 1 N–H and O–H groups in total. The highest BCUT2D eigenvalue weighted by molar-refractivity contribution is 5.37. The van der Waals surface area contributed by atoms with E-state index in [1.54, 1.807) is 6.08 Å². The molecule has 0 atom stereocenters. The molecule has 72 valence electrons. The first-order chi connectivity index (χ1) is 6.16. The third-order valence-electron chi connectivity index (χ3n) is 3.00. The molecule has 0 saturated heterocycles. The number of hydrogen-bond donors (Lipinski definition) is 1. The molecule has 0 aromatic carbocycles. The van der Waals surface area contributed by atoms with E-state index in [1.807, 2.05) is 6.20 Å². The van der Waals surface area contributed by atoms with Gasteiger partial charge < -0.3 is 4.98 Å². The number of H-pyrrole nitrogens is 1. The predicted molar refractivity (Wildman–Crippen MR) is 56.6 cm³/mol. The van der Waals surface area contributed by atoms with E-state index >= 15 is 0 Å². The van der Waals surface area contributed by atoms with E-state index in [1.165, 1.54) is 5.69 Å². The van der Waals surface area contributed by atoms with Gasteiger partial charge in [0.1, 0.15) is 5.82 Å². The van der Waals surface area contributed by atoms with Crippen molar-refractivity contribution in [2.75, 3.05) is 0 Å². The van der Waals surface area contributed by atoms with E-state index in [4.69, 9.17) is 0 Å². The Balaban J connectivity index is 2.98. The van der Waals surface area contributed by atoms with Crippen LogP contribution in [-0.4, -0.2) is 9.97 Å². The van der Waals surface area contributed by atoms with E-state index in [2.05, 4.69) is 37.3 Å². The van der Waals surface area contributed by atoms with Gasteiger partial charge in [-0.05, 0) is 18.9 Å². The Morgan fingerprint density at radius 1 is 1.54 bits per heavy atom. The van der Waals surface area contributed by atoms with Crippen molar-refractivity contribution in [3.8, 4) is 0 Å². The minimum Gasteiger partial charge on any atom is -0.342 e. The molecule has 0 bridgehead atoms. The highest BCUT2D eigenvalue weighted by atomic mass is 14.9. The summed E-state index contributed by atoms with van der Waals surface area (Å²) in [5.74, 6) is 0.864. The van der Waals surface area contributed by atoms with Crippen LogP contribution in [0.2, 0.25) is 0 Å². The van der Waals surface area contributed by atoms with Crippen LogP contribution in [0, 0.1) is 0 Å². The standard InChI is InChI=1S/C11H18N2/c1-5-10-12-8-9(13-10)11(4,6-2)7-3/h5,8H,1,6-7H2,2-4H3,(H,12,13). The van der Waals surface area contributed by atoms with E-state index in [0.29, 0.717) is 0 Å². The molecule has 2 heteroatoms. The van der Waals surface area contributed by atoms with Gasteiger partial charge >= 0.3 is 0 Å². The first kappa shape index (κ1) is 10.0. The molecule has 1 aromatic heterocycles. The van der Waals surface area contributed by atoms with Crippen molar-refractivity contribution in [1.82, 2.24) is 9.97 Å². The van der Waals surface area contributed by atoms with Crippen LogP contribution in [0.25, 0.3) is 6.08 Å². The molecule has 0 radical (unpaired) electrons. The Morgan fingerprint density at radius 2 is 2.15 bits per heavy atom. The average molecular weight is 178 g/mol. The molecule has 0 unspecified atom stereocenters. The van der Waals surface area contributed by atoms with Crippen LogP contribution in [0.3, 0.4) is 0 Å². The van der Waals surface area contributed by atoms with E-state index in [-0.39, 0.29) is 5.41 Å². The van der Waals surface area contributed by atoms with E-state index in [0.717, 1.165) is 18.7 Å². The summed E-state index contributed by atoms with van der Waals surface area (Å²) < 4.78 is 0. The van der Waals surface area contributed by atoms with Crippen LogP contribution in [0.4, 0.5) is 0 Å². The fourth-order valence-corrected chi connectivity index (χ4v) is 1.38. The minimum absolute atomic E-state index is 0.230. The third kappa shape index (κ3) is 1.82. The molecule has 0 amide bonds. The van der Waals surface area contributed by atoms with Crippen molar-refractivity contribution < 1.29 is 0 Å². The lowest BCUT2D eigenvalue weighted by molar-refractivity contribution is 0.428. The van der Waals surface area contributed by atoms with Gasteiger partial charge in [0.25, 0.3) is 0 Å². The number of nitrogens with zero attached hydrogens (tertiary/aromatic N) is 1. The van der Waals surface area contributed by atoms with E-state index < -0.39 is 0 Å². The van der Waals surface area contributed by atoms with Gasteiger partial charge in [-0.15, -0.1) is 0 Å². The Hall–Kier alpha value is -1.05. The lowest BCUT2D eigenvalue weighted by Crippen LogP contribution is -2.19. The van der Waals surface area contributed by atoms with Gasteiger partial charge in [0.2, 0.25) is 0 Å². The first-order valence-corrected chi connectivity index (χ1v) is 4.84. The Kier molecular flexibility index (Phi) is 2.91. The van der Waals surface area contributed by atoms with Gasteiger partial charge in [0.15, 0.2) is 0 Å². The molecule has 0 spiro atoms. The number of aromatic amines is 1. The predicted octanol–water partition coefficient (Wildman–Crippen LogP) is 3.13. The van der Waals surface area contributed by atoms with Crippen molar-refractivity contribution in [3.05, 3.63) is 24.3 Å². The maximum Gasteiger partial charge on any atom is 0.129 e. The second kappa shape index (κ2) is 3.77. The van der Waals surface area contributed by atoms with Gasteiger partial charge in [-0.3, -0.25) is 0 Å². The van der Waals surface area contributed by atoms with Gasteiger partial charge in [-0.2, -0.15) is 0 Å². The molecule has 0 aliphatic carbocycles. The molecule has 0 aliphatic rings. The second-order valence-corrected chi connectivity index (χ2v) is 3.65. The van der Waals surface area contributed by atoms with Gasteiger partial charge in [0, 0.05) is 17.3 Å². The highest BCUT2D eigenvalue weighted by Gasteiger charge is 2.23. The summed E-state index contributed by atoms with van der Waals surface area (Å²) >= 11 is 0. The number of hydrogen-bond acceptors (Lipinski definition) is 1. The Morgan fingerprint density at radius 3 is 2.54 bits per heavy atom. The molecular formula is C11H18N2. The normalized spacial score (nSPS) is 11.6. The van der Waals surface area contributed by atoms with Crippen LogP contribution in [0.1, 0.15) is 45.1 Å². The SMILES string of the molecule is C=Cc1ncc(C(C)(CC)CC)[nH]1. The largest absolute Gasteiger partial charge is 0.342 e. The van der Waals surface area contributed by atoms with E-state index in [9.17, 15) is 0 Å². The van der Waals surface area contributed by atoms with Crippen LogP contribution in [0.15, 0.2) is 12.8 Å². The zero-order chi connectivity index (χ0) is 9.90. The van der Waals surface area contributed by atoms with Crippen molar-refractivity contribution in [2.24, 2.45) is 0 Å². The Bertz CT molecular complexity index is 282. The van der Waals surface area contributed by atoms with Crippen molar-refractivity contribution in [1.29, 1.82) is 0 Å².